The van der Waals surface area contributed by atoms with Crippen molar-refractivity contribution < 1.29 is 13.2 Å². The Kier molecular flexibility index (Phi) is 3.74. The van der Waals surface area contributed by atoms with E-state index >= 15 is 0 Å². The van der Waals surface area contributed by atoms with Crippen LogP contribution in [0.4, 0.5) is 0 Å². The molecule has 2 atom stereocenters. The molecule has 1 fully saturated rings. The lowest BCUT2D eigenvalue weighted by Gasteiger charge is -2.34. The van der Waals surface area contributed by atoms with E-state index in [1.807, 2.05) is 17.5 Å². The van der Waals surface area contributed by atoms with E-state index in [4.69, 9.17) is 5.73 Å². The number of rotatable bonds is 2. The first kappa shape index (κ1) is 13.5. The molecule has 7 heteroatoms. The average Bonchev–Trinajstić information content (AvgIpc) is 2.79. The number of amides is 1. The average molecular weight is 288 g/mol. The van der Waals surface area contributed by atoms with E-state index < -0.39 is 15.9 Å². The summed E-state index contributed by atoms with van der Waals surface area (Å²) in [6.45, 7) is 1.98. The van der Waals surface area contributed by atoms with Crippen LogP contribution in [0.25, 0.3) is 0 Å². The van der Waals surface area contributed by atoms with Crippen molar-refractivity contribution in [2.75, 3.05) is 18.1 Å². The Morgan fingerprint density at radius 2 is 2.33 bits per heavy atom. The van der Waals surface area contributed by atoms with Gasteiger partial charge in [-0.2, -0.15) is 0 Å². The maximum atomic E-state index is 12.2. The third-order valence-electron chi connectivity index (χ3n) is 3.07. The number of carbonyl (C=O) groups is 1. The van der Waals surface area contributed by atoms with Crippen molar-refractivity contribution in [2.45, 2.75) is 19.0 Å². The van der Waals surface area contributed by atoms with Gasteiger partial charge in [-0.25, -0.2) is 8.42 Å². The fraction of sp³-hybridized carbons (Fsp3) is 0.545. The Labute approximate surface area is 111 Å². The Bertz CT molecular complexity index is 524. The highest BCUT2D eigenvalue weighted by molar-refractivity contribution is 7.91. The predicted molar refractivity (Wildman–Crippen MR) is 71.1 cm³/mol. The molecule has 1 aromatic heterocycles. The molecule has 100 valence electrons. The molecule has 1 aliphatic heterocycles. The maximum Gasteiger partial charge on any atom is 0.245 e. The van der Waals surface area contributed by atoms with E-state index in [0.717, 1.165) is 4.88 Å². The molecule has 0 radical (unpaired) electrons. The van der Waals surface area contributed by atoms with Crippen molar-refractivity contribution in [3.05, 3.63) is 22.4 Å². The van der Waals surface area contributed by atoms with Crippen LogP contribution in [0.2, 0.25) is 0 Å². The third-order valence-corrected chi connectivity index (χ3v) is 5.82. The zero-order valence-corrected chi connectivity index (χ0v) is 11.7. The van der Waals surface area contributed by atoms with Gasteiger partial charge in [-0.15, -0.1) is 11.3 Å². The largest absolute Gasteiger partial charge is 0.336 e. The van der Waals surface area contributed by atoms with E-state index in [9.17, 15) is 13.2 Å². The Hall–Kier alpha value is -0.920. The monoisotopic (exact) mass is 288 g/mol. The second-order valence-corrected chi connectivity index (χ2v) is 7.70. The smallest absolute Gasteiger partial charge is 0.245 e. The number of hydrogen-bond acceptors (Lipinski definition) is 5. The fourth-order valence-electron chi connectivity index (χ4n) is 2.09. The minimum atomic E-state index is -3.01. The molecule has 0 saturated carbocycles. The molecule has 0 aliphatic carbocycles. The van der Waals surface area contributed by atoms with Crippen molar-refractivity contribution >= 4 is 27.1 Å². The number of sulfone groups is 1. The minimum absolute atomic E-state index is 0.0237. The van der Waals surface area contributed by atoms with Gasteiger partial charge in [0.25, 0.3) is 0 Å². The van der Waals surface area contributed by atoms with Gasteiger partial charge in [0.1, 0.15) is 6.04 Å². The zero-order chi connectivity index (χ0) is 13.3. The summed E-state index contributed by atoms with van der Waals surface area (Å²) in [5.41, 5.74) is 5.91. The highest BCUT2D eigenvalue weighted by Gasteiger charge is 2.33. The lowest BCUT2D eigenvalue weighted by Crippen LogP contribution is -2.52. The zero-order valence-electron chi connectivity index (χ0n) is 10.1. The molecule has 1 saturated heterocycles. The maximum absolute atomic E-state index is 12.2. The van der Waals surface area contributed by atoms with Crippen molar-refractivity contribution in [1.29, 1.82) is 0 Å². The molecule has 1 amide bonds. The number of nitrogens with zero attached hydrogens (tertiary/aromatic N) is 1. The van der Waals surface area contributed by atoms with Crippen molar-refractivity contribution in [3.8, 4) is 0 Å². The van der Waals surface area contributed by atoms with Crippen LogP contribution >= 0.6 is 11.3 Å². The number of carbonyl (C=O) groups excluding carboxylic acids is 1. The van der Waals surface area contributed by atoms with Gasteiger partial charge < -0.3 is 10.6 Å². The molecule has 0 bridgehead atoms. The summed E-state index contributed by atoms with van der Waals surface area (Å²) in [5, 5.41) is 1.87. The topological polar surface area (TPSA) is 80.5 Å². The summed E-state index contributed by atoms with van der Waals surface area (Å²) < 4.78 is 22.9. The Morgan fingerprint density at radius 3 is 2.89 bits per heavy atom. The quantitative estimate of drug-likeness (QED) is 0.854. The van der Waals surface area contributed by atoms with Crippen LogP contribution in [-0.2, 0) is 14.6 Å². The predicted octanol–water partition coefficient (Wildman–Crippen LogP) is 0.393. The summed E-state index contributed by atoms with van der Waals surface area (Å²) in [6, 6.07) is 2.67. The number of hydrogen-bond donors (Lipinski definition) is 1. The first-order valence-electron chi connectivity index (χ1n) is 5.70. The van der Waals surface area contributed by atoms with E-state index in [1.165, 1.54) is 11.3 Å². The van der Waals surface area contributed by atoms with Gasteiger partial charge in [0, 0.05) is 17.5 Å². The standard InChI is InChI=1S/C11H16N2O3S2/c1-8-7-18(15,16)6-4-13(8)11(14)10(12)9-3-2-5-17-9/h2-3,5,8,10H,4,6-7,12H2,1H3. The van der Waals surface area contributed by atoms with E-state index in [1.54, 1.807) is 11.8 Å². The molecule has 2 rings (SSSR count). The summed E-state index contributed by atoms with van der Waals surface area (Å²) in [4.78, 5) is 14.6. The normalized spacial score (nSPS) is 24.8. The van der Waals surface area contributed by atoms with E-state index in [0.29, 0.717) is 0 Å². The van der Waals surface area contributed by atoms with Crippen molar-refractivity contribution in [3.63, 3.8) is 0 Å². The van der Waals surface area contributed by atoms with Crippen molar-refractivity contribution in [2.24, 2.45) is 5.73 Å². The second-order valence-electron chi connectivity index (χ2n) is 4.49. The van der Waals surface area contributed by atoms with Gasteiger partial charge in [-0.3, -0.25) is 4.79 Å². The highest BCUT2D eigenvalue weighted by atomic mass is 32.2. The minimum Gasteiger partial charge on any atom is -0.336 e. The molecule has 1 aliphatic rings. The van der Waals surface area contributed by atoms with Crippen LogP contribution in [0.1, 0.15) is 17.8 Å². The lowest BCUT2D eigenvalue weighted by atomic mass is 10.2. The molecular formula is C11H16N2O3S2. The van der Waals surface area contributed by atoms with Crippen LogP contribution in [0, 0.1) is 0 Å². The van der Waals surface area contributed by atoms with E-state index in [-0.39, 0.29) is 30.0 Å². The molecular weight excluding hydrogens is 272 g/mol. The van der Waals surface area contributed by atoms with Crippen LogP contribution in [-0.4, -0.2) is 43.3 Å². The van der Waals surface area contributed by atoms with Crippen molar-refractivity contribution in [1.82, 2.24) is 4.90 Å². The van der Waals surface area contributed by atoms with Gasteiger partial charge in [-0.05, 0) is 18.4 Å². The Balaban J connectivity index is 2.11. The second kappa shape index (κ2) is 4.99. The van der Waals surface area contributed by atoms with Crippen LogP contribution in [0.15, 0.2) is 17.5 Å². The van der Waals surface area contributed by atoms with Gasteiger partial charge in [0.05, 0.1) is 11.5 Å². The fourth-order valence-corrected chi connectivity index (χ4v) is 4.37. The lowest BCUT2D eigenvalue weighted by molar-refractivity contribution is -0.134. The number of thiophene rings is 1. The van der Waals surface area contributed by atoms with Gasteiger partial charge in [0.2, 0.25) is 5.91 Å². The van der Waals surface area contributed by atoms with Gasteiger partial charge in [-0.1, -0.05) is 6.07 Å². The van der Waals surface area contributed by atoms with E-state index in [2.05, 4.69) is 0 Å². The van der Waals surface area contributed by atoms with Gasteiger partial charge in [0.15, 0.2) is 9.84 Å². The molecule has 2 unspecified atom stereocenters. The first-order chi connectivity index (χ1) is 8.41. The Morgan fingerprint density at radius 1 is 1.61 bits per heavy atom. The number of nitrogens with two attached hydrogens (primary N) is 1. The molecule has 1 aromatic rings. The van der Waals surface area contributed by atoms with Crippen LogP contribution in [0.5, 0.6) is 0 Å². The highest BCUT2D eigenvalue weighted by Crippen LogP contribution is 2.21. The SMILES string of the molecule is CC1CS(=O)(=O)CCN1C(=O)C(N)c1cccs1. The van der Waals surface area contributed by atoms with Gasteiger partial charge >= 0.3 is 0 Å². The molecule has 0 aromatic carbocycles. The summed E-state index contributed by atoms with van der Waals surface area (Å²) >= 11 is 1.43. The molecule has 2 N–H and O–H groups in total. The summed E-state index contributed by atoms with van der Waals surface area (Å²) in [6.07, 6.45) is 0. The molecule has 2 heterocycles. The first-order valence-corrected chi connectivity index (χ1v) is 8.41. The molecule has 0 spiro atoms. The van der Waals surface area contributed by atoms with Crippen LogP contribution < -0.4 is 5.73 Å². The third kappa shape index (κ3) is 2.73. The molecule has 5 nitrogen and oxygen atoms in total. The summed E-state index contributed by atoms with van der Waals surface area (Å²) in [5.74, 6) is -0.143. The molecule has 18 heavy (non-hydrogen) atoms. The van der Waals surface area contributed by atoms with Crippen LogP contribution in [0.3, 0.4) is 0 Å². The summed E-state index contributed by atoms with van der Waals surface area (Å²) in [7, 11) is -3.01.